The third-order valence-electron chi connectivity index (χ3n) is 5.16. The number of amides is 1. The van der Waals surface area contributed by atoms with Crippen molar-refractivity contribution in [2.24, 2.45) is 0 Å². The highest BCUT2D eigenvalue weighted by Crippen LogP contribution is 2.27. The van der Waals surface area contributed by atoms with Crippen LogP contribution in [-0.4, -0.2) is 49.6 Å². The van der Waals surface area contributed by atoms with E-state index in [2.05, 4.69) is 23.6 Å². The minimum absolute atomic E-state index is 0.104. The van der Waals surface area contributed by atoms with E-state index in [0.29, 0.717) is 24.9 Å². The van der Waals surface area contributed by atoms with Gasteiger partial charge >= 0.3 is 6.09 Å². The first-order chi connectivity index (χ1) is 14.6. The number of carbonyl (C=O) groups excluding carboxylic acids is 1. The number of hydrogen-bond donors (Lipinski definition) is 0. The molecule has 0 saturated carbocycles. The second-order valence-corrected chi connectivity index (χ2v) is 8.96. The number of piperidine rings is 1. The molecular weight excluding hydrogens is 394 g/mol. The van der Waals surface area contributed by atoms with Crippen LogP contribution < -0.4 is 10.6 Å². The summed E-state index contributed by atoms with van der Waals surface area (Å²) in [6, 6.07) is 0. The molecule has 3 heterocycles. The Balaban J connectivity index is 1.80. The molecule has 8 heteroatoms. The third kappa shape index (κ3) is 5.24. The summed E-state index contributed by atoms with van der Waals surface area (Å²) in [5.41, 5.74) is 1.40. The van der Waals surface area contributed by atoms with E-state index in [9.17, 15) is 4.79 Å². The summed E-state index contributed by atoms with van der Waals surface area (Å²) in [5.74, 6) is 1.10. The summed E-state index contributed by atoms with van der Waals surface area (Å²) in [7, 11) is 0. The molecule has 0 radical (unpaired) electrons. The lowest BCUT2D eigenvalue weighted by Gasteiger charge is -2.32. The molecule has 0 N–H and O–H groups in total. The van der Waals surface area contributed by atoms with Crippen molar-refractivity contribution in [3.8, 4) is 5.95 Å². The van der Waals surface area contributed by atoms with Crippen molar-refractivity contribution in [2.75, 3.05) is 13.1 Å². The average molecular weight is 428 g/mol. The van der Waals surface area contributed by atoms with Crippen molar-refractivity contribution < 1.29 is 14.1 Å². The Bertz CT molecular complexity index is 1070. The topological polar surface area (TPSA) is 86.3 Å². The molecule has 0 unspecified atom stereocenters. The number of aryl methyl sites for hydroxylation is 1. The van der Waals surface area contributed by atoms with Crippen LogP contribution in [0.1, 0.15) is 71.9 Å². The molecule has 8 nitrogen and oxygen atoms in total. The molecule has 0 spiro atoms. The zero-order valence-electron chi connectivity index (χ0n) is 19.4. The third-order valence-corrected chi connectivity index (χ3v) is 5.16. The van der Waals surface area contributed by atoms with E-state index in [-0.39, 0.29) is 12.0 Å². The summed E-state index contributed by atoms with van der Waals surface area (Å²) in [4.78, 5) is 18.7. The minimum Gasteiger partial charge on any atom is -0.444 e. The predicted molar refractivity (Wildman–Crippen MR) is 119 cm³/mol. The number of ether oxygens (including phenoxy) is 1. The van der Waals surface area contributed by atoms with Gasteiger partial charge in [0.1, 0.15) is 5.60 Å². The highest BCUT2D eigenvalue weighted by atomic mass is 16.6. The first-order valence-corrected chi connectivity index (χ1v) is 10.9. The average Bonchev–Trinajstić information content (AvgIpc) is 3.31. The Labute approximate surface area is 183 Å². The monoisotopic (exact) mass is 427 g/mol. The van der Waals surface area contributed by atoms with Gasteiger partial charge < -0.3 is 14.2 Å². The van der Waals surface area contributed by atoms with Crippen LogP contribution in [0.2, 0.25) is 0 Å². The van der Waals surface area contributed by atoms with Crippen LogP contribution in [-0.2, 0) is 11.2 Å². The number of allylic oxidation sites excluding steroid dienone is 1. The number of hydrogen-bond acceptors (Lipinski definition) is 6. The van der Waals surface area contributed by atoms with Gasteiger partial charge in [0.2, 0.25) is 5.89 Å². The first-order valence-electron chi connectivity index (χ1n) is 10.9. The lowest BCUT2D eigenvalue weighted by Crippen LogP contribution is -2.41. The van der Waals surface area contributed by atoms with E-state index in [1.807, 2.05) is 46.8 Å². The normalized spacial score (nSPS) is 16.8. The SMILES string of the molecule is C=C(C)C=c1c(=CC)c(CC)nn1-c1noc(C2CCN(C(=O)OC(C)(C)C)CC2)n1. The molecule has 0 aromatic carbocycles. The fraction of sp³-hybridized carbons (Fsp3) is 0.565. The van der Waals surface area contributed by atoms with E-state index in [1.165, 1.54) is 0 Å². The van der Waals surface area contributed by atoms with Gasteiger partial charge in [-0.2, -0.15) is 14.8 Å². The van der Waals surface area contributed by atoms with Crippen LogP contribution in [0.3, 0.4) is 0 Å². The maximum absolute atomic E-state index is 12.3. The van der Waals surface area contributed by atoms with Gasteiger partial charge in [0, 0.05) is 24.2 Å². The lowest BCUT2D eigenvalue weighted by atomic mass is 9.97. The molecule has 168 valence electrons. The zero-order valence-corrected chi connectivity index (χ0v) is 19.4. The quantitative estimate of drug-likeness (QED) is 0.745. The van der Waals surface area contributed by atoms with Crippen molar-refractivity contribution in [1.82, 2.24) is 24.8 Å². The Morgan fingerprint density at radius 3 is 2.55 bits per heavy atom. The van der Waals surface area contributed by atoms with Gasteiger partial charge in [-0.25, -0.2) is 4.79 Å². The Morgan fingerprint density at radius 2 is 2.00 bits per heavy atom. The van der Waals surface area contributed by atoms with Crippen molar-refractivity contribution in [3.05, 3.63) is 34.3 Å². The number of rotatable bonds is 4. The smallest absolute Gasteiger partial charge is 0.410 e. The van der Waals surface area contributed by atoms with Crippen molar-refractivity contribution in [3.63, 3.8) is 0 Å². The summed E-state index contributed by atoms with van der Waals surface area (Å²) < 4.78 is 12.8. The van der Waals surface area contributed by atoms with E-state index in [0.717, 1.165) is 41.1 Å². The van der Waals surface area contributed by atoms with Gasteiger partial charge in [-0.3, -0.25) is 0 Å². The highest BCUT2D eigenvalue weighted by Gasteiger charge is 2.30. The van der Waals surface area contributed by atoms with Crippen molar-refractivity contribution in [1.29, 1.82) is 0 Å². The highest BCUT2D eigenvalue weighted by molar-refractivity contribution is 5.68. The standard InChI is InChI=1S/C23H33N5O3/c1-8-17-18(9-2)25-28(19(17)14-15(3)4)21-24-20(31-26-21)16-10-12-27(13-11-16)22(29)30-23(5,6)7/h8,14,16H,3,9-13H2,1-2,4-7H3. The van der Waals surface area contributed by atoms with Gasteiger partial charge in [-0.1, -0.05) is 25.2 Å². The zero-order chi connectivity index (χ0) is 22.8. The van der Waals surface area contributed by atoms with Gasteiger partial charge in [-0.05, 0) is 65.1 Å². The van der Waals surface area contributed by atoms with Crippen LogP contribution in [0.4, 0.5) is 4.79 Å². The van der Waals surface area contributed by atoms with Crippen LogP contribution >= 0.6 is 0 Å². The molecule has 2 aromatic heterocycles. The molecule has 0 bridgehead atoms. The summed E-state index contributed by atoms with van der Waals surface area (Å²) in [6.07, 6.45) is 6.06. The van der Waals surface area contributed by atoms with Gasteiger partial charge in [0.05, 0.1) is 11.0 Å². The fourth-order valence-corrected chi connectivity index (χ4v) is 3.71. The predicted octanol–water partition coefficient (Wildman–Crippen LogP) is 3.09. The molecular formula is C23H33N5O3. The molecule has 1 amide bonds. The summed E-state index contributed by atoms with van der Waals surface area (Å²) in [5, 5.41) is 10.9. The lowest BCUT2D eigenvalue weighted by molar-refractivity contribution is 0.0198. The molecule has 1 aliphatic rings. The van der Waals surface area contributed by atoms with Crippen LogP contribution in [0.5, 0.6) is 0 Å². The molecule has 2 aromatic rings. The van der Waals surface area contributed by atoms with Crippen LogP contribution in [0, 0.1) is 0 Å². The first kappa shape index (κ1) is 22.8. The van der Waals surface area contributed by atoms with E-state index in [4.69, 9.17) is 14.4 Å². The minimum atomic E-state index is -0.496. The molecule has 3 rings (SSSR count). The van der Waals surface area contributed by atoms with Crippen LogP contribution in [0.15, 0.2) is 16.7 Å². The Morgan fingerprint density at radius 1 is 1.32 bits per heavy atom. The molecule has 31 heavy (non-hydrogen) atoms. The molecule has 1 saturated heterocycles. The number of nitrogens with zero attached hydrogens (tertiary/aromatic N) is 5. The van der Waals surface area contributed by atoms with Gasteiger partial charge in [0.25, 0.3) is 5.95 Å². The maximum atomic E-state index is 12.3. The summed E-state index contributed by atoms with van der Waals surface area (Å²) >= 11 is 0. The number of carbonyl (C=O) groups is 1. The summed E-state index contributed by atoms with van der Waals surface area (Å²) in [6.45, 7) is 16.8. The molecule has 1 fully saturated rings. The van der Waals surface area contributed by atoms with Gasteiger partial charge in [0.15, 0.2) is 0 Å². The van der Waals surface area contributed by atoms with E-state index in [1.54, 1.807) is 9.58 Å². The molecule has 0 atom stereocenters. The van der Waals surface area contributed by atoms with E-state index >= 15 is 0 Å². The number of aromatic nitrogens is 4. The maximum Gasteiger partial charge on any atom is 0.410 e. The largest absolute Gasteiger partial charge is 0.444 e. The van der Waals surface area contributed by atoms with Crippen molar-refractivity contribution in [2.45, 2.75) is 72.3 Å². The molecule has 1 aliphatic heterocycles. The number of likely N-dealkylation sites (tertiary alicyclic amines) is 1. The Hall–Kier alpha value is -2.90. The fourth-order valence-electron chi connectivity index (χ4n) is 3.71. The van der Waals surface area contributed by atoms with Gasteiger partial charge in [-0.15, -0.1) is 0 Å². The second-order valence-electron chi connectivity index (χ2n) is 8.96. The second kappa shape index (κ2) is 9.08. The van der Waals surface area contributed by atoms with Crippen LogP contribution in [0.25, 0.3) is 18.1 Å². The molecule has 0 aliphatic carbocycles. The van der Waals surface area contributed by atoms with E-state index < -0.39 is 5.60 Å². The Kier molecular flexibility index (Phi) is 6.67. The van der Waals surface area contributed by atoms with Crippen molar-refractivity contribution >= 4 is 18.2 Å².